The van der Waals surface area contributed by atoms with Crippen molar-refractivity contribution in [1.29, 1.82) is 0 Å². The van der Waals surface area contributed by atoms with Gasteiger partial charge in [-0.25, -0.2) is 4.68 Å². The second-order valence-electron chi connectivity index (χ2n) is 3.71. The molecule has 0 aliphatic carbocycles. The topological polar surface area (TPSA) is 78.9 Å². The van der Waals surface area contributed by atoms with Crippen LogP contribution in [0.15, 0.2) is 24.3 Å². The van der Waals surface area contributed by atoms with Crippen LogP contribution < -0.4 is 10.5 Å². The first kappa shape index (κ1) is 11.5. The number of benzene rings is 1. The summed E-state index contributed by atoms with van der Waals surface area (Å²) in [5, 5.41) is 11.3. The Labute approximate surface area is 99.4 Å². The quantitative estimate of drug-likeness (QED) is 0.814. The van der Waals surface area contributed by atoms with E-state index in [2.05, 4.69) is 15.5 Å². The van der Waals surface area contributed by atoms with Gasteiger partial charge in [-0.3, -0.25) is 0 Å². The first-order chi connectivity index (χ1) is 8.29. The third-order valence-corrected chi connectivity index (χ3v) is 2.34. The number of hydrogen-bond acceptors (Lipinski definition) is 5. The Bertz CT molecular complexity index is 465. The van der Waals surface area contributed by atoms with Gasteiger partial charge in [-0.2, -0.15) is 0 Å². The second kappa shape index (κ2) is 5.40. The van der Waals surface area contributed by atoms with Crippen LogP contribution in [-0.2, 0) is 13.2 Å². The van der Waals surface area contributed by atoms with Gasteiger partial charge in [-0.05, 0) is 29.5 Å². The van der Waals surface area contributed by atoms with E-state index in [1.807, 2.05) is 31.2 Å². The summed E-state index contributed by atoms with van der Waals surface area (Å²) in [6.45, 7) is 3.48. The third kappa shape index (κ3) is 3.01. The van der Waals surface area contributed by atoms with Crippen LogP contribution in [0.1, 0.15) is 11.4 Å². The number of hydrogen-bond donors (Lipinski definition) is 1. The lowest BCUT2D eigenvalue weighted by Crippen LogP contribution is -2.15. The van der Waals surface area contributed by atoms with Gasteiger partial charge in [-0.15, -0.1) is 5.10 Å². The first-order valence-corrected chi connectivity index (χ1v) is 5.44. The molecule has 2 aromatic rings. The second-order valence-corrected chi connectivity index (χ2v) is 3.71. The van der Waals surface area contributed by atoms with Gasteiger partial charge in [0.1, 0.15) is 12.4 Å². The van der Waals surface area contributed by atoms with E-state index in [1.165, 1.54) is 5.56 Å². The van der Waals surface area contributed by atoms with E-state index in [4.69, 9.17) is 10.5 Å². The number of aromatic nitrogens is 4. The van der Waals surface area contributed by atoms with Gasteiger partial charge in [-0.1, -0.05) is 17.7 Å². The van der Waals surface area contributed by atoms with Crippen molar-refractivity contribution in [1.82, 2.24) is 20.2 Å². The molecule has 17 heavy (non-hydrogen) atoms. The molecule has 90 valence electrons. The maximum absolute atomic E-state index is 5.59. The predicted molar refractivity (Wildman–Crippen MR) is 62.4 cm³/mol. The average molecular weight is 233 g/mol. The van der Waals surface area contributed by atoms with Gasteiger partial charge in [0.05, 0.1) is 6.54 Å². The first-order valence-electron chi connectivity index (χ1n) is 5.44. The highest BCUT2D eigenvalue weighted by molar-refractivity contribution is 5.26. The lowest BCUT2D eigenvalue weighted by atomic mass is 10.2. The highest BCUT2D eigenvalue weighted by Crippen LogP contribution is 2.12. The van der Waals surface area contributed by atoms with E-state index >= 15 is 0 Å². The Morgan fingerprint density at radius 3 is 2.76 bits per heavy atom. The normalized spacial score (nSPS) is 10.5. The summed E-state index contributed by atoms with van der Waals surface area (Å²) in [5.74, 6) is 1.48. The highest BCUT2D eigenvalue weighted by atomic mass is 16.5. The molecule has 0 aliphatic rings. The number of nitrogens with two attached hydrogens (primary N) is 1. The van der Waals surface area contributed by atoms with Crippen LogP contribution in [0.2, 0.25) is 0 Å². The standard InChI is InChI=1S/C11H15N5O/c1-9-2-4-10(5-3-9)17-8-11-13-14-15-16(11)7-6-12/h2-5H,6-8,12H2,1H3. The summed E-state index contributed by atoms with van der Waals surface area (Å²) in [6.07, 6.45) is 0. The van der Waals surface area contributed by atoms with Crippen molar-refractivity contribution >= 4 is 0 Å². The summed E-state index contributed by atoms with van der Waals surface area (Å²) in [5.41, 5.74) is 6.65. The van der Waals surface area contributed by atoms with Crippen molar-refractivity contribution in [3.8, 4) is 5.75 Å². The molecule has 1 aromatic carbocycles. The van der Waals surface area contributed by atoms with Crippen molar-refractivity contribution in [2.24, 2.45) is 5.73 Å². The minimum Gasteiger partial charge on any atom is -0.486 e. The Morgan fingerprint density at radius 1 is 1.29 bits per heavy atom. The van der Waals surface area contributed by atoms with Crippen LogP contribution in [-0.4, -0.2) is 26.8 Å². The highest BCUT2D eigenvalue weighted by Gasteiger charge is 2.05. The van der Waals surface area contributed by atoms with E-state index < -0.39 is 0 Å². The molecule has 0 saturated heterocycles. The Balaban J connectivity index is 1.97. The molecular weight excluding hydrogens is 218 g/mol. The molecular formula is C11H15N5O. The van der Waals surface area contributed by atoms with Crippen LogP contribution >= 0.6 is 0 Å². The largest absolute Gasteiger partial charge is 0.486 e. The molecule has 6 nitrogen and oxygen atoms in total. The van der Waals surface area contributed by atoms with Gasteiger partial charge in [0.25, 0.3) is 0 Å². The van der Waals surface area contributed by atoms with Crippen LogP contribution in [0.5, 0.6) is 5.75 Å². The minimum atomic E-state index is 0.343. The van der Waals surface area contributed by atoms with Gasteiger partial charge in [0.2, 0.25) is 0 Å². The van der Waals surface area contributed by atoms with E-state index in [9.17, 15) is 0 Å². The molecule has 1 heterocycles. The number of ether oxygens (including phenoxy) is 1. The van der Waals surface area contributed by atoms with Crippen molar-refractivity contribution in [3.05, 3.63) is 35.7 Å². The van der Waals surface area contributed by atoms with Gasteiger partial charge in [0, 0.05) is 6.54 Å². The smallest absolute Gasteiger partial charge is 0.189 e. The lowest BCUT2D eigenvalue weighted by Gasteiger charge is -2.06. The lowest BCUT2D eigenvalue weighted by molar-refractivity contribution is 0.286. The number of nitrogens with zero attached hydrogens (tertiary/aromatic N) is 4. The summed E-state index contributed by atoms with van der Waals surface area (Å²) in [7, 11) is 0. The molecule has 0 atom stereocenters. The number of aryl methyl sites for hydroxylation is 1. The molecule has 0 radical (unpaired) electrons. The molecule has 1 aromatic heterocycles. The maximum Gasteiger partial charge on any atom is 0.189 e. The molecule has 0 bridgehead atoms. The van der Waals surface area contributed by atoms with E-state index in [1.54, 1.807) is 4.68 Å². The van der Waals surface area contributed by atoms with Crippen molar-refractivity contribution < 1.29 is 4.74 Å². The third-order valence-electron chi connectivity index (χ3n) is 2.34. The Morgan fingerprint density at radius 2 is 2.06 bits per heavy atom. The van der Waals surface area contributed by atoms with E-state index in [0.29, 0.717) is 25.5 Å². The van der Waals surface area contributed by atoms with Gasteiger partial charge >= 0.3 is 0 Å². The Hall–Kier alpha value is -1.95. The molecule has 0 unspecified atom stereocenters. The molecule has 0 aliphatic heterocycles. The average Bonchev–Trinajstić information content (AvgIpc) is 2.77. The molecule has 0 saturated carbocycles. The monoisotopic (exact) mass is 233 g/mol. The van der Waals surface area contributed by atoms with Crippen LogP contribution in [0.25, 0.3) is 0 Å². The SMILES string of the molecule is Cc1ccc(OCc2nnnn2CCN)cc1. The number of rotatable bonds is 5. The molecule has 2 rings (SSSR count). The fourth-order valence-electron chi connectivity index (χ4n) is 1.40. The van der Waals surface area contributed by atoms with Crippen molar-refractivity contribution in [2.45, 2.75) is 20.1 Å². The summed E-state index contributed by atoms with van der Waals surface area (Å²) >= 11 is 0. The molecule has 0 fully saturated rings. The number of tetrazole rings is 1. The minimum absolute atomic E-state index is 0.343. The van der Waals surface area contributed by atoms with Crippen LogP contribution in [0.3, 0.4) is 0 Å². The molecule has 0 spiro atoms. The van der Waals surface area contributed by atoms with Crippen molar-refractivity contribution in [3.63, 3.8) is 0 Å². The van der Waals surface area contributed by atoms with E-state index in [-0.39, 0.29) is 0 Å². The zero-order valence-electron chi connectivity index (χ0n) is 9.71. The van der Waals surface area contributed by atoms with Crippen LogP contribution in [0.4, 0.5) is 0 Å². The molecule has 6 heteroatoms. The molecule has 2 N–H and O–H groups in total. The van der Waals surface area contributed by atoms with E-state index in [0.717, 1.165) is 5.75 Å². The zero-order valence-corrected chi connectivity index (χ0v) is 9.71. The van der Waals surface area contributed by atoms with Crippen molar-refractivity contribution in [2.75, 3.05) is 6.54 Å². The summed E-state index contributed by atoms with van der Waals surface area (Å²) < 4.78 is 7.24. The Kier molecular flexibility index (Phi) is 3.66. The zero-order chi connectivity index (χ0) is 12.1. The predicted octanol–water partition coefficient (Wildman–Crippen LogP) is 0.519. The summed E-state index contributed by atoms with van der Waals surface area (Å²) in [4.78, 5) is 0. The fourth-order valence-corrected chi connectivity index (χ4v) is 1.40. The van der Waals surface area contributed by atoms with Gasteiger partial charge in [0.15, 0.2) is 5.82 Å². The van der Waals surface area contributed by atoms with Gasteiger partial charge < -0.3 is 10.5 Å². The molecule has 0 amide bonds. The van der Waals surface area contributed by atoms with Crippen LogP contribution in [0, 0.1) is 6.92 Å². The summed E-state index contributed by atoms with van der Waals surface area (Å²) in [6, 6.07) is 7.84. The maximum atomic E-state index is 5.59. The fraction of sp³-hybridized carbons (Fsp3) is 0.364.